The molecule has 0 saturated carbocycles. The quantitative estimate of drug-likeness (QED) is 0.240. The Hall–Kier alpha value is -4.23. The number of fused-ring (bicyclic) bond motifs is 1. The van der Waals surface area contributed by atoms with Gasteiger partial charge >= 0.3 is 0 Å². The van der Waals surface area contributed by atoms with Crippen LogP contribution in [0.3, 0.4) is 0 Å². The number of nitrogens with zero attached hydrogens (tertiary/aromatic N) is 2. The van der Waals surface area contributed by atoms with Gasteiger partial charge in [0.05, 0.1) is 18.5 Å². The first-order chi connectivity index (χ1) is 18.5. The maximum absolute atomic E-state index is 13.6. The molecular weight excluding hydrogens is 494 g/mol. The van der Waals surface area contributed by atoms with Crippen LogP contribution in [0.1, 0.15) is 40.2 Å². The van der Waals surface area contributed by atoms with E-state index in [0.717, 1.165) is 39.9 Å². The highest BCUT2D eigenvalue weighted by atomic mass is 32.1. The van der Waals surface area contributed by atoms with E-state index in [1.54, 1.807) is 13.2 Å². The molecule has 0 spiro atoms. The molecule has 0 aliphatic carbocycles. The zero-order valence-corrected chi connectivity index (χ0v) is 22.7. The topological polar surface area (TPSA) is 76.7 Å². The Labute approximate surface area is 225 Å². The molecule has 0 aliphatic heterocycles. The van der Waals surface area contributed by atoms with Crippen LogP contribution in [-0.2, 0) is 12.8 Å². The van der Waals surface area contributed by atoms with Crippen LogP contribution in [0, 0.1) is 6.92 Å². The Kier molecular flexibility index (Phi) is 7.38. The van der Waals surface area contributed by atoms with Crippen LogP contribution >= 0.6 is 11.3 Å². The molecule has 0 atom stereocenters. The van der Waals surface area contributed by atoms with Crippen molar-refractivity contribution in [2.24, 2.45) is 4.99 Å². The molecule has 7 heteroatoms. The number of rotatable bonds is 7. The summed E-state index contributed by atoms with van der Waals surface area (Å²) in [6, 6.07) is 23.4. The maximum atomic E-state index is 13.6. The Bertz CT molecular complexity index is 1670. The van der Waals surface area contributed by atoms with E-state index in [1.807, 2.05) is 49.4 Å². The van der Waals surface area contributed by atoms with Crippen LogP contribution in [0.15, 0.2) is 82.2 Å². The fourth-order valence-corrected chi connectivity index (χ4v) is 5.07. The summed E-state index contributed by atoms with van der Waals surface area (Å²) in [7, 11) is 1.61. The average molecular weight is 524 g/mol. The third kappa shape index (κ3) is 5.38. The van der Waals surface area contributed by atoms with Crippen molar-refractivity contribution in [1.29, 1.82) is 0 Å². The zero-order valence-electron chi connectivity index (χ0n) is 21.9. The molecule has 0 saturated heterocycles. The van der Waals surface area contributed by atoms with Gasteiger partial charge in [-0.15, -0.1) is 11.3 Å². The number of amides is 1. The summed E-state index contributed by atoms with van der Waals surface area (Å²) < 4.78 is 11.5. The number of carbonyl (C=O) groups excluding carboxylic acids is 1. The van der Waals surface area contributed by atoms with Gasteiger partial charge in [-0.2, -0.15) is 0 Å². The lowest BCUT2D eigenvalue weighted by Gasteiger charge is -2.07. The molecule has 2 aromatic heterocycles. The second kappa shape index (κ2) is 11.0. The van der Waals surface area contributed by atoms with Gasteiger partial charge in [0.2, 0.25) is 5.55 Å². The third-order valence-corrected chi connectivity index (χ3v) is 7.45. The lowest BCUT2D eigenvalue weighted by Crippen LogP contribution is -2.21. The van der Waals surface area contributed by atoms with Gasteiger partial charge in [-0.1, -0.05) is 55.8 Å². The maximum Gasteiger partial charge on any atom is 0.262 e. The summed E-state index contributed by atoms with van der Waals surface area (Å²) >= 11 is 1.48. The third-order valence-electron chi connectivity index (χ3n) is 6.34. The predicted octanol–water partition coefficient (Wildman–Crippen LogP) is 7.48. The standard InChI is InChI=1S/C31H29N3O3S/c1-5-20-9-11-21(12-10-20)28-27(6-2)38-31(33-28)34-29(35)25-18-22-17-24(36-4)15-16-26(22)37-30(25)32-23-13-7-19(3)8-14-23/h7-18H,5-6H2,1-4H3,(H,33,34,35). The van der Waals surface area contributed by atoms with Crippen molar-refractivity contribution in [3.63, 3.8) is 0 Å². The van der Waals surface area contributed by atoms with Crippen LogP contribution < -0.4 is 15.6 Å². The summed E-state index contributed by atoms with van der Waals surface area (Å²) in [4.78, 5) is 24.2. The van der Waals surface area contributed by atoms with Crippen molar-refractivity contribution in [3.05, 3.63) is 99.9 Å². The Morgan fingerprint density at radius 3 is 2.45 bits per heavy atom. The molecule has 0 aliphatic rings. The van der Waals surface area contributed by atoms with Crippen LogP contribution in [0.5, 0.6) is 5.75 Å². The molecular formula is C31H29N3O3S. The van der Waals surface area contributed by atoms with E-state index < -0.39 is 0 Å². The fraction of sp³-hybridized carbons (Fsp3) is 0.194. The number of thiazole rings is 1. The molecule has 1 N–H and O–H groups in total. The summed E-state index contributed by atoms with van der Waals surface area (Å²) in [5, 5.41) is 4.27. The minimum absolute atomic E-state index is 0.228. The van der Waals surface area contributed by atoms with Gasteiger partial charge in [0.1, 0.15) is 16.9 Å². The number of nitrogens with one attached hydrogen (secondary N) is 1. The number of benzene rings is 3. The normalized spacial score (nSPS) is 11.6. The van der Waals surface area contributed by atoms with E-state index >= 15 is 0 Å². The molecule has 0 radical (unpaired) electrons. The van der Waals surface area contributed by atoms with Gasteiger partial charge in [-0.05, 0) is 61.7 Å². The summed E-state index contributed by atoms with van der Waals surface area (Å²) in [6.45, 7) is 6.25. The number of aromatic nitrogens is 1. The summed E-state index contributed by atoms with van der Waals surface area (Å²) in [5.74, 6) is 0.335. The number of aryl methyl sites for hydroxylation is 3. The largest absolute Gasteiger partial charge is 0.497 e. The van der Waals surface area contributed by atoms with Crippen molar-refractivity contribution in [2.75, 3.05) is 12.4 Å². The summed E-state index contributed by atoms with van der Waals surface area (Å²) in [5.41, 5.74) is 6.18. The Morgan fingerprint density at radius 2 is 1.76 bits per heavy atom. The first-order valence-electron chi connectivity index (χ1n) is 12.6. The number of carbonyl (C=O) groups is 1. The van der Waals surface area contributed by atoms with Crippen molar-refractivity contribution in [1.82, 2.24) is 4.98 Å². The monoisotopic (exact) mass is 523 g/mol. The smallest absolute Gasteiger partial charge is 0.262 e. The van der Waals surface area contributed by atoms with Gasteiger partial charge in [-0.3, -0.25) is 10.1 Å². The van der Waals surface area contributed by atoms with E-state index in [2.05, 4.69) is 48.4 Å². The van der Waals surface area contributed by atoms with E-state index in [1.165, 1.54) is 16.9 Å². The second-order valence-electron chi connectivity index (χ2n) is 8.97. The highest BCUT2D eigenvalue weighted by molar-refractivity contribution is 7.16. The van der Waals surface area contributed by atoms with E-state index in [9.17, 15) is 4.79 Å². The van der Waals surface area contributed by atoms with Gasteiger partial charge in [0.15, 0.2) is 5.13 Å². The SMILES string of the molecule is CCc1ccc(-c2nc(NC(=O)c3cc4cc(OC)ccc4oc3=Nc3ccc(C)cc3)sc2CC)cc1. The van der Waals surface area contributed by atoms with Gasteiger partial charge in [0.25, 0.3) is 5.91 Å². The number of hydrogen-bond acceptors (Lipinski definition) is 6. The number of methoxy groups -OCH3 is 1. The average Bonchev–Trinajstić information content (AvgIpc) is 3.36. The summed E-state index contributed by atoms with van der Waals surface area (Å²) in [6.07, 6.45) is 1.80. The lowest BCUT2D eigenvalue weighted by molar-refractivity contribution is 0.102. The van der Waals surface area contributed by atoms with Gasteiger partial charge in [0, 0.05) is 15.8 Å². The van der Waals surface area contributed by atoms with E-state index in [4.69, 9.17) is 14.1 Å². The molecule has 5 aromatic rings. The van der Waals surface area contributed by atoms with Gasteiger partial charge in [-0.25, -0.2) is 9.98 Å². The highest BCUT2D eigenvalue weighted by Gasteiger charge is 2.18. The molecule has 0 fully saturated rings. The number of ether oxygens (including phenoxy) is 1. The molecule has 2 heterocycles. The Balaban J connectivity index is 1.55. The van der Waals surface area contributed by atoms with Crippen LogP contribution in [0.4, 0.5) is 10.8 Å². The first kappa shape index (κ1) is 25.4. The molecule has 192 valence electrons. The van der Waals surface area contributed by atoms with E-state index in [0.29, 0.717) is 27.7 Å². The van der Waals surface area contributed by atoms with Crippen LogP contribution in [0.2, 0.25) is 0 Å². The number of anilines is 1. The second-order valence-corrected chi connectivity index (χ2v) is 10.0. The minimum Gasteiger partial charge on any atom is -0.497 e. The molecule has 0 bridgehead atoms. The fourth-order valence-electron chi connectivity index (χ4n) is 4.15. The van der Waals surface area contributed by atoms with E-state index in [-0.39, 0.29) is 11.5 Å². The molecule has 3 aromatic carbocycles. The van der Waals surface area contributed by atoms with Crippen molar-refractivity contribution in [3.8, 4) is 17.0 Å². The number of hydrogen-bond donors (Lipinski definition) is 1. The molecule has 0 unspecified atom stereocenters. The van der Waals surface area contributed by atoms with Crippen LogP contribution in [-0.4, -0.2) is 18.0 Å². The predicted molar refractivity (Wildman–Crippen MR) is 153 cm³/mol. The van der Waals surface area contributed by atoms with Gasteiger partial charge < -0.3 is 9.15 Å². The highest BCUT2D eigenvalue weighted by Crippen LogP contribution is 2.32. The Morgan fingerprint density at radius 1 is 1.00 bits per heavy atom. The molecule has 6 nitrogen and oxygen atoms in total. The van der Waals surface area contributed by atoms with Crippen molar-refractivity contribution >= 4 is 39.0 Å². The molecule has 5 rings (SSSR count). The van der Waals surface area contributed by atoms with Crippen molar-refractivity contribution < 1.29 is 13.9 Å². The first-order valence-corrected chi connectivity index (χ1v) is 13.4. The molecule has 1 amide bonds. The molecule has 38 heavy (non-hydrogen) atoms. The lowest BCUT2D eigenvalue weighted by atomic mass is 10.1. The zero-order chi connectivity index (χ0) is 26.6. The van der Waals surface area contributed by atoms with Crippen LogP contribution in [0.25, 0.3) is 22.2 Å². The minimum atomic E-state index is -0.339. The van der Waals surface area contributed by atoms with Crippen molar-refractivity contribution in [2.45, 2.75) is 33.6 Å².